The summed E-state index contributed by atoms with van der Waals surface area (Å²) in [4.78, 5) is 31.6. The number of carbonyl (C=O) groups excluding carboxylic acids is 2. The topological polar surface area (TPSA) is 112 Å². The molecule has 0 amide bonds. The smallest absolute Gasteiger partial charge is 0.238 e. The minimum atomic E-state index is -0.730. The summed E-state index contributed by atoms with van der Waals surface area (Å²) in [7, 11) is 0. The lowest BCUT2D eigenvalue weighted by Gasteiger charge is -2.14. The first-order chi connectivity index (χ1) is 9.58. The largest absolute Gasteiger partial charge is 0.397 e. The van der Waals surface area contributed by atoms with Crippen molar-refractivity contribution in [3.63, 3.8) is 0 Å². The summed E-state index contributed by atoms with van der Waals surface area (Å²) < 4.78 is 0. The fourth-order valence-electron chi connectivity index (χ4n) is 2.03. The van der Waals surface area contributed by atoms with E-state index in [-0.39, 0.29) is 22.8 Å². The van der Waals surface area contributed by atoms with Crippen molar-refractivity contribution in [3.8, 4) is 11.4 Å². The van der Waals surface area contributed by atoms with Gasteiger partial charge in [0.1, 0.15) is 11.5 Å². The van der Waals surface area contributed by atoms with E-state index in [0.29, 0.717) is 5.82 Å². The number of hydrogen-bond acceptors (Lipinski definition) is 6. The van der Waals surface area contributed by atoms with Crippen LogP contribution in [0, 0.1) is 0 Å². The Morgan fingerprint density at radius 3 is 2.35 bits per heavy atom. The lowest BCUT2D eigenvalue weighted by atomic mass is 9.97. The van der Waals surface area contributed by atoms with Gasteiger partial charge in [-0.15, -0.1) is 0 Å². The molecule has 6 nitrogen and oxygen atoms in total. The zero-order valence-corrected chi connectivity index (χ0v) is 10.3. The van der Waals surface area contributed by atoms with Crippen molar-refractivity contribution >= 4 is 23.1 Å². The number of Topliss-reactive ketones (excluding diaryl/α,β-unsaturated/α-hetero) is 1. The third kappa shape index (κ3) is 1.74. The van der Waals surface area contributed by atoms with E-state index in [9.17, 15) is 9.59 Å². The fourth-order valence-corrected chi connectivity index (χ4v) is 2.03. The minimum Gasteiger partial charge on any atom is -0.397 e. The van der Waals surface area contributed by atoms with E-state index < -0.39 is 11.6 Å². The summed E-state index contributed by atoms with van der Waals surface area (Å²) in [5, 5.41) is 0. The maximum Gasteiger partial charge on any atom is 0.238 e. The van der Waals surface area contributed by atoms with Crippen LogP contribution in [0.1, 0.15) is 16.1 Å². The Hall–Kier alpha value is -3.02. The van der Waals surface area contributed by atoms with Gasteiger partial charge in [0.2, 0.25) is 11.6 Å². The number of benzene rings is 1. The first-order valence-electron chi connectivity index (χ1n) is 5.87. The van der Waals surface area contributed by atoms with Crippen LogP contribution in [-0.2, 0) is 4.79 Å². The summed E-state index contributed by atoms with van der Waals surface area (Å²) in [6, 6.07) is 9.17. The SMILES string of the molecule is NC1=CC(=O)C(=O)c2c(N)nc(-c3ccccc3)nc21. The van der Waals surface area contributed by atoms with Gasteiger partial charge in [0.15, 0.2) is 5.82 Å². The Kier molecular flexibility index (Phi) is 2.57. The van der Waals surface area contributed by atoms with Crippen molar-refractivity contribution in [1.82, 2.24) is 9.97 Å². The molecule has 0 bridgehead atoms. The highest BCUT2D eigenvalue weighted by Crippen LogP contribution is 2.26. The molecule has 3 rings (SSSR count). The molecule has 98 valence electrons. The average molecular weight is 266 g/mol. The highest BCUT2D eigenvalue weighted by Gasteiger charge is 2.29. The van der Waals surface area contributed by atoms with Gasteiger partial charge in [-0.2, -0.15) is 0 Å². The number of rotatable bonds is 1. The number of hydrogen-bond donors (Lipinski definition) is 2. The van der Waals surface area contributed by atoms with E-state index in [1.165, 1.54) is 0 Å². The van der Waals surface area contributed by atoms with E-state index in [4.69, 9.17) is 11.5 Å². The number of fused-ring (bicyclic) bond motifs is 1. The van der Waals surface area contributed by atoms with Gasteiger partial charge < -0.3 is 11.5 Å². The van der Waals surface area contributed by atoms with Crippen molar-refractivity contribution in [3.05, 3.63) is 47.7 Å². The van der Waals surface area contributed by atoms with Crippen molar-refractivity contribution in [2.45, 2.75) is 0 Å². The molecule has 0 saturated heterocycles. The van der Waals surface area contributed by atoms with Crippen LogP contribution in [0.4, 0.5) is 5.82 Å². The van der Waals surface area contributed by atoms with Gasteiger partial charge in [-0.1, -0.05) is 30.3 Å². The van der Waals surface area contributed by atoms with Gasteiger partial charge in [-0.25, -0.2) is 9.97 Å². The molecule has 2 aromatic rings. The molecular weight excluding hydrogens is 256 g/mol. The number of allylic oxidation sites excluding steroid dienone is 1. The Labute approximate surface area is 114 Å². The molecule has 0 saturated carbocycles. The lowest BCUT2D eigenvalue weighted by molar-refractivity contribution is -0.111. The Morgan fingerprint density at radius 2 is 1.65 bits per heavy atom. The van der Waals surface area contributed by atoms with Gasteiger partial charge in [0.25, 0.3) is 0 Å². The summed E-state index contributed by atoms with van der Waals surface area (Å²) in [5.41, 5.74) is 12.6. The standard InChI is InChI=1S/C14H10N4O2/c15-8-6-9(19)12(20)10-11(8)17-14(18-13(10)16)7-4-2-1-3-5-7/h1-6H,15H2,(H2,16,17,18). The molecule has 1 aromatic heterocycles. The molecule has 4 N–H and O–H groups in total. The van der Waals surface area contributed by atoms with Crippen LogP contribution < -0.4 is 11.5 Å². The van der Waals surface area contributed by atoms with E-state index in [0.717, 1.165) is 11.6 Å². The van der Waals surface area contributed by atoms with Crippen molar-refractivity contribution < 1.29 is 9.59 Å². The third-order valence-corrected chi connectivity index (χ3v) is 2.98. The van der Waals surface area contributed by atoms with E-state index in [1.807, 2.05) is 30.3 Å². The molecule has 1 aliphatic rings. The van der Waals surface area contributed by atoms with Crippen LogP contribution in [0.5, 0.6) is 0 Å². The Morgan fingerprint density at radius 1 is 0.950 bits per heavy atom. The zero-order chi connectivity index (χ0) is 14.3. The van der Waals surface area contributed by atoms with Gasteiger partial charge >= 0.3 is 0 Å². The van der Waals surface area contributed by atoms with Gasteiger partial charge in [0.05, 0.1) is 11.3 Å². The summed E-state index contributed by atoms with van der Waals surface area (Å²) in [6.45, 7) is 0. The number of carbonyl (C=O) groups is 2. The second kappa shape index (κ2) is 4.27. The molecule has 0 spiro atoms. The molecule has 0 fully saturated rings. The van der Waals surface area contributed by atoms with Crippen LogP contribution in [0.3, 0.4) is 0 Å². The van der Waals surface area contributed by atoms with E-state index in [1.54, 1.807) is 0 Å². The molecule has 0 atom stereocenters. The Balaban J connectivity index is 2.25. The second-order valence-electron chi connectivity index (χ2n) is 4.32. The minimum absolute atomic E-state index is 0.0188. The van der Waals surface area contributed by atoms with Gasteiger partial charge in [0, 0.05) is 11.6 Å². The number of nitrogen functional groups attached to an aromatic ring is 1. The lowest BCUT2D eigenvalue weighted by Crippen LogP contribution is -2.25. The van der Waals surface area contributed by atoms with Crippen LogP contribution in [-0.4, -0.2) is 21.5 Å². The third-order valence-electron chi connectivity index (χ3n) is 2.98. The first kappa shape index (κ1) is 12.0. The highest BCUT2D eigenvalue weighted by molar-refractivity contribution is 6.51. The van der Waals surface area contributed by atoms with Crippen LogP contribution in [0.25, 0.3) is 17.1 Å². The molecule has 6 heteroatoms. The summed E-state index contributed by atoms with van der Waals surface area (Å²) in [6.07, 6.45) is 1.06. The monoisotopic (exact) mass is 266 g/mol. The summed E-state index contributed by atoms with van der Waals surface area (Å²) >= 11 is 0. The molecule has 0 aliphatic heterocycles. The van der Waals surface area contributed by atoms with Gasteiger partial charge in [-0.05, 0) is 0 Å². The van der Waals surface area contributed by atoms with Gasteiger partial charge in [-0.3, -0.25) is 9.59 Å². The van der Waals surface area contributed by atoms with Crippen molar-refractivity contribution in [2.24, 2.45) is 5.73 Å². The number of nitrogens with two attached hydrogens (primary N) is 2. The maximum absolute atomic E-state index is 11.8. The maximum atomic E-state index is 11.8. The van der Waals surface area contributed by atoms with Crippen LogP contribution in [0.15, 0.2) is 36.4 Å². The Bertz CT molecular complexity index is 766. The molecule has 0 unspecified atom stereocenters. The van der Waals surface area contributed by atoms with Crippen LogP contribution in [0.2, 0.25) is 0 Å². The predicted octanol–water partition coefficient (Wildman–Crippen LogP) is 0.791. The number of nitrogens with zero attached hydrogens (tertiary/aromatic N) is 2. The van der Waals surface area contributed by atoms with E-state index in [2.05, 4.69) is 9.97 Å². The van der Waals surface area contributed by atoms with Crippen LogP contribution >= 0.6 is 0 Å². The van der Waals surface area contributed by atoms with Crippen molar-refractivity contribution in [2.75, 3.05) is 5.73 Å². The van der Waals surface area contributed by atoms with E-state index >= 15 is 0 Å². The first-order valence-corrected chi connectivity index (χ1v) is 5.87. The number of aromatic nitrogens is 2. The fraction of sp³-hybridized carbons (Fsp3) is 0. The highest BCUT2D eigenvalue weighted by atomic mass is 16.2. The van der Waals surface area contributed by atoms with Crippen molar-refractivity contribution in [1.29, 1.82) is 0 Å². The number of anilines is 1. The zero-order valence-electron chi connectivity index (χ0n) is 10.3. The molecule has 0 radical (unpaired) electrons. The number of ketones is 2. The molecular formula is C14H10N4O2. The predicted molar refractivity (Wildman–Crippen MR) is 73.4 cm³/mol. The normalized spacial score (nSPS) is 13.9. The quantitative estimate of drug-likeness (QED) is 0.738. The summed E-state index contributed by atoms with van der Waals surface area (Å²) in [5.74, 6) is -1.12. The molecule has 1 aromatic carbocycles. The molecule has 1 aliphatic carbocycles. The second-order valence-corrected chi connectivity index (χ2v) is 4.32. The molecule has 20 heavy (non-hydrogen) atoms. The molecule has 1 heterocycles. The average Bonchev–Trinajstić information content (AvgIpc) is 2.45.